The highest BCUT2D eigenvalue weighted by Crippen LogP contribution is 2.33. The van der Waals surface area contributed by atoms with Crippen molar-refractivity contribution in [3.05, 3.63) is 65.9 Å². The SMILES string of the molecule is CCNS(=O)(=O)c1ccc(-c2cnc(N)c(-c3ccc4c(c3)CCCC4=NO)c2)cc1. The highest BCUT2D eigenvalue weighted by molar-refractivity contribution is 7.89. The van der Waals surface area contributed by atoms with Crippen molar-refractivity contribution in [2.75, 3.05) is 12.3 Å². The number of aryl methyl sites for hydroxylation is 1. The van der Waals surface area contributed by atoms with Crippen LogP contribution >= 0.6 is 0 Å². The lowest BCUT2D eigenvalue weighted by atomic mass is 9.87. The second-order valence-electron chi connectivity index (χ2n) is 7.45. The van der Waals surface area contributed by atoms with Crippen LogP contribution in [0.2, 0.25) is 0 Å². The first-order chi connectivity index (χ1) is 14.9. The van der Waals surface area contributed by atoms with E-state index in [-0.39, 0.29) is 4.90 Å². The average Bonchev–Trinajstić information content (AvgIpc) is 2.78. The molecule has 0 unspecified atom stereocenters. The maximum absolute atomic E-state index is 12.2. The van der Waals surface area contributed by atoms with Gasteiger partial charge < -0.3 is 10.9 Å². The van der Waals surface area contributed by atoms with Gasteiger partial charge in [-0.1, -0.05) is 42.4 Å². The van der Waals surface area contributed by atoms with Gasteiger partial charge in [0.25, 0.3) is 0 Å². The van der Waals surface area contributed by atoms with Crippen molar-refractivity contribution in [1.29, 1.82) is 0 Å². The molecule has 0 saturated heterocycles. The molecule has 1 aliphatic rings. The minimum atomic E-state index is -3.50. The quantitative estimate of drug-likeness (QED) is 0.415. The van der Waals surface area contributed by atoms with Crippen molar-refractivity contribution in [3.8, 4) is 22.3 Å². The van der Waals surface area contributed by atoms with Crippen LogP contribution in [0.25, 0.3) is 22.3 Å². The van der Waals surface area contributed by atoms with E-state index in [9.17, 15) is 13.6 Å². The van der Waals surface area contributed by atoms with Crippen LogP contribution in [-0.4, -0.2) is 30.9 Å². The number of nitrogens with two attached hydrogens (primary N) is 1. The molecule has 7 nitrogen and oxygen atoms in total. The van der Waals surface area contributed by atoms with E-state index in [4.69, 9.17) is 5.73 Å². The Kier molecular flexibility index (Phi) is 5.75. The zero-order valence-electron chi connectivity index (χ0n) is 17.2. The molecule has 3 aromatic rings. The summed E-state index contributed by atoms with van der Waals surface area (Å²) in [4.78, 5) is 4.58. The summed E-state index contributed by atoms with van der Waals surface area (Å²) < 4.78 is 26.8. The maximum Gasteiger partial charge on any atom is 0.240 e. The summed E-state index contributed by atoms with van der Waals surface area (Å²) in [6.07, 6.45) is 4.30. The second-order valence-corrected chi connectivity index (χ2v) is 9.22. The molecule has 0 fully saturated rings. The van der Waals surface area contributed by atoms with Gasteiger partial charge in [-0.25, -0.2) is 18.1 Å². The lowest BCUT2D eigenvalue weighted by molar-refractivity contribution is 0.317. The van der Waals surface area contributed by atoms with Crippen LogP contribution in [-0.2, 0) is 16.4 Å². The number of aromatic nitrogens is 1. The minimum absolute atomic E-state index is 0.220. The van der Waals surface area contributed by atoms with Crippen molar-refractivity contribution in [2.24, 2.45) is 5.16 Å². The molecule has 0 amide bonds. The van der Waals surface area contributed by atoms with E-state index in [2.05, 4.69) is 20.9 Å². The zero-order chi connectivity index (χ0) is 22.0. The molecule has 0 aliphatic heterocycles. The third kappa shape index (κ3) is 4.17. The number of anilines is 1. The van der Waals surface area contributed by atoms with Gasteiger partial charge in [-0.2, -0.15) is 0 Å². The number of rotatable bonds is 5. The number of nitrogens with one attached hydrogen (secondary N) is 1. The molecule has 0 radical (unpaired) electrons. The first-order valence-electron chi connectivity index (χ1n) is 10.1. The Morgan fingerprint density at radius 3 is 2.48 bits per heavy atom. The van der Waals surface area contributed by atoms with E-state index < -0.39 is 10.0 Å². The van der Waals surface area contributed by atoms with Gasteiger partial charge >= 0.3 is 0 Å². The van der Waals surface area contributed by atoms with Gasteiger partial charge in [0.05, 0.1) is 10.6 Å². The Labute approximate surface area is 181 Å². The fraction of sp³-hybridized carbons (Fsp3) is 0.217. The van der Waals surface area contributed by atoms with Crippen molar-refractivity contribution in [2.45, 2.75) is 31.1 Å². The zero-order valence-corrected chi connectivity index (χ0v) is 18.0. The molecule has 2 aromatic carbocycles. The number of fused-ring (bicyclic) bond motifs is 1. The molecular formula is C23H24N4O3S. The highest BCUT2D eigenvalue weighted by Gasteiger charge is 2.18. The topological polar surface area (TPSA) is 118 Å². The Bertz CT molecular complexity index is 1250. The maximum atomic E-state index is 12.2. The van der Waals surface area contributed by atoms with Crippen LogP contribution in [0.15, 0.2) is 64.8 Å². The van der Waals surface area contributed by atoms with E-state index in [1.54, 1.807) is 37.4 Å². The molecular weight excluding hydrogens is 412 g/mol. The Balaban J connectivity index is 1.70. The standard InChI is InChI=1S/C23H24N4O3S/c1-2-26-31(29,30)19-9-6-15(7-10-19)18-13-21(23(24)25-14-18)17-8-11-20-16(12-17)4-3-5-22(20)27-28/h6-14,26,28H,2-5H2,1H3,(H2,24,25). The summed E-state index contributed by atoms with van der Waals surface area (Å²) in [5.74, 6) is 0.418. The van der Waals surface area contributed by atoms with Crippen molar-refractivity contribution in [1.82, 2.24) is 9.71 Å². The molecule has 0 atom stereocenters. The Morgan fingerprint density at radius 2 is 1.77 bits per heavy atom. The summed E-state index contributed by atoms with van der Waals surface area (Å²) >= 11 is 0. The Morgan fingerprint density at radius 1 is 1.03 bits per heavy atom. The van der Waals surface area contributed by atoms with E-state index in [1.807, 2.05) is 18.2 Å². The summed E-state index contributed by atoms with van der Waals surface area (Å²) in [6, 6.07) is 14.6. The predicted octanol–water partition coefficient (Wildman–Crippen LogP) is 3.81. The van der Waals surface area contributed by atoms with Crippen LogP contribution < -0.4 is 10.5 Å². The van der Waals surface area contributed by atoms with Gasteiger partial charge in [0.15, 0.2) is 0 Å². The fourth-order valence-corrected chi connectivity index (χ4v) is 4.94. The fourth-order valence-electron chi connectivity index (χ4n) is 3.90. The van der Waals surface area contributed by atoms with Gasteiger partial charge in [0.2, 0.25) is 10.0 Å². The monoisotopic (exact) mass is 436 g/mol. The number of pyridine rings is 1. The van der Waals surface area contributed by atoms with Crippen LogP contribution in [0.3, 0.4) is 0 Å². The van der Waals surface area contributed by atoms with E-state index in [0.29, 0.717) is 18.1 Å². The molecule has 0 spiro atoms. The molecule has 1 aromatic heterocycles. The molecule has 0 bridgehead atoms. The normalized spacial score (nSPS) is 15.1. The summed E-state index contributed by atoms with van der Waals surface area (Å²) in [5.41, 5.74) is 12.4. The number of benzene rings is 2. The van der Waals surface area contributed by atoms with Gasteiger partial charge in [-0.3, -0.25) is 0 Å². The van der Waals surface area contributed by atoms with Crippen molar-refractivity contribution >= 4 is 21.6 Å². The molecule has 8 heteroatoms. The lowest BCUT2D eigenvalue weighted by Crippen LogP contribution is -2.22. The van der Waals surface area contributed by atoms with E-state index in [0.717, 1.165) is 52.6 Å². The van der Waals surface area contributed by atoms with Crippen molar-refractivity contribution in [3.63, 3.8) is 0 Å². The molecule has 4 rings (SSSR count). The van der Waals surface area contributed by atoms with Crippen LogP contribution in [0, 0.1) is 0 Å². The van der Waals surface area contributed by atoms with Gasteiger partial charge in [0.1, 0.15) is 5.82 Å². The largest absolute Gasteiger partial charge is 0.411 e. The van der Waals surface area contributed by atoms with Gasteiger partial charge in [-0.15, -0.1) is 0 Å². The number of oxime groups is 1. The third-order valence-electron chi connectivity index (χ3n) is 5.46. The van der Waals surface area contributed by atoms with Gasteiger partial charge in [0, 0.05) is 29.4 Å². The first-order valence-corrected chi connectivity index (χ1v) is 11.6. The predicted molar refractivity (Wildman–Crippen MR) is 122 cm³/mol. The first kappa shape index (κ1) is 21.0. The molecule has 1 heterocycles. The van der Waals surface area contributed by atoms with Crippen LogP contribution in [0.4, 0.5) is 5.82 Å². The smallest absolute Gasteiger partial charge is 0.240 e. The van der Waals surface area contributed by atoms with Gasteiger partial charge in [-0.05, 0) is 54.2 Å². The number of sulfonamides is 1. The van der Waals surface area contributed by atoms with Crippen molar-refractivity contribution < 1.29 is 13.6 Å². The summed E-state index contributed by atoms with van der Waals surface area (Å²) in [5, 5.41) is 12.7. The van der Waals surface area contributed by atoms with Crippen LogP contribution in [0.1, 0.15) is 30.9 Å². The number of hydrogen-bond acceptors (Lipinski definition) is 6. The molecule has 160 valence electrons. The molecule has 0 saturated carbocycles. The van der Waals surface area contributed by atoms with E-state index in [1.165, 1.54) is 0 Å². The molecule has 4 N–H and O–H groups in total. The molecule has 31 heavy (non-hydrogen) atoms. The number of nitrogen functional groups attached to an aromatic ring is 1. The number of hydrogen-bond donors (Lipinski definition) is 3. The Hall–Kier alpha value is -3.23. The molecule has 1 aliphatic carbocycles. The third-order valence-corrected chi connectivity index (χ3v) is 7.02. The second kappa shape index (κ2) is 8.49. The lowest BCUT2D eigenvalue weighted by Gasteiger charge is -2.18. The average molecular weight is 437 g/mol. The van der Waals surface area contributed by atoms with E-state index >= 15 is 0 Å². The highest BCUT2D eigenvalue weighted by atomic mass is 32.2. The minimum Gasteiger partial charge on any atom is -0.411 e. The summed E-state index contributed by atoms with van der Waals surface area (Å²) in [6.45, 7) is 2.08. The number of nitrogens with zero attached hydrogens (tertiary/aromatic N) is 2. The van der Waals surface area contributed by atoms with Crippen LogP contribution in [0.5, 0.6) is 0 Å². The summed E-state index contributed by atoms with van der Waals surface area (Å²) in [7, 11) is -3.50.